The van der Waals surface area contributed by atoms with Crippen LogP contribution in [0.1, 0.15) is 33.6 Å². The van der Waals surface area contributed by atoms with Crippen molar-refractivity contribution in [2.75, 3.05) is 25.0 Å². The van der Waals surface area contributed by atoms with Gasteiger partial charge < -0.3 is 19.5 Å². The normalized spacial score (nSPS) is 18.7. The lowest BCUT2D eigenvalue weighted by Gasteiger charge is -2.38. The van der Waals surface area contributed by atoms with Gasteiger partial charge in [-0.15, -0.1) is 0 Å². The second kappa shape index (κ2) is 6.34. The molecule has 24 heavy (non-hydrogen) atoms. The summed E-state index contributed by atoms with van der Waals surface area (Å²) in [5.74, 6) is 0.840. The highest BCUT2D eigenvalue weighted by molar-refractivity contribution is 5.77. The molecule has 0 aliphatic carbocycles. The van der Waals surface area contributed by atoms with Crippen molar-refractivity contribution in [2.45, 2.75) is 45.3 Å². The molecule has 1 aromatic carbocycles. The first-order chi connectivity index (χ1) is 11.3. The number of amides is 1. The van der Waals surface area contributed by atoms with E-state index in [1.54, 1.807) is 4.90 Å². The monoisotopic (exact) mass is 330 g/mol. The molecule has 1 atom stereocenters. The molecular weight excluding hydrogens is 304 g/mol. The van der Waals surface area contributed by atoms with Crippen LogP contribution in [0.3, 0.4) is 0 Å². The highest BCUT2D eigenvalue weighted by Crippen LogP contribution is 2.23. The first-order valence-electron chi connectivity index (χ1n) is 8.49. The summed E-state index contributed by atoms with van der Waals surface area (Å²) in [7, 11) is 2.03. The van der Waals surface area contributed by atoms with Gasteiger partial charge in [-0.25, -0.2) is 9.78 Å². The standard InChI is InChI=1S/C18H26N4O2/c1-18(2,3)24-17(23)22-11-7-8-13(12-22)21(4)16-19-14-9-5-6-10-15(14)20-16/h5-6,9-10,13H,7-8,11-12H2,1-4H3,(H,19,20)/t13-/m0/s1. The van der Waals surface area contributed by atoms with Crippen molar-refractivity contribution in [3.63, 3.8) is 0 Å². The molecule has 1 amide bonds. The Morgan fingerprint density at radius 3 is 2.83 bits per heavy atom. The molecule has 1 N–H and O–H groups in total. The number of likely N-dealkylation sites (N-methyl/N-ethyl adjacent to an activating group) is 1. The summed E-state index contributed by atoms with van der Waals surface area (Å²) >= 11 is 0. The van der Waals surface area contributed by atoms with Crippen LogP contribution in [0.5, 0.6) is 0 Å². The Labute approximate surface area is 142 Å². The molecule has 2 aromatic rings. The number of H-pyrrole nitrogens is 1. The quantitative estimate of drug-likeness (QED) is 0.917. The summed E-state index contributed by atoms with van der Waals surface area (Å²) in [5.41, 5.74) is 1.52. The minimum absolute atomic E-state index is 0.229. The van der Waals surface area contributed by atoms with E-state index in [1.165, 1.54) is 0 Å². The fourth-order valence-corrected chi connectivity index (χ4v) is 3.04. The predicted molar refractivity (Wildman–Crippen MR) is 95.3 cm³/mol. The van der Waals surface area contributed by atoms with E-state index < -0.39 is 5.60 Å². The molecule has 0 saturated carbocycles. The number of likely N-dealkylation sites (tertiary alicyclic amines) is 1. The zero-order chi connectivity index (χ0) is 17.3. The van der Waals surface area contributed by atoms with Crippen LogP contribution in [0.4, 0.5) is 10.7 Å². The highest BCUT2D eigenvalue weighted by Gasteiger charge is 2.30. The van der Waals surface area contributed by atoms with Gasteiger partial charge in [0, 0.05) is 26.2 Å². The Morgan fingerprint density at radius 1 is 1.38 bits per heavy atom. The van der Waals surface area contributed by atoms with E-state index >= 15 is 0 Å². The predicted octanol–water partition coefficient (Wildman–Crippen LogP) is 3.40. The topological polar surface area (TPSA) is 61.5 Å². The van der Waals surface area contributed by atoms with Crippen molar-refractivity contribution in [1.82, 2.24) is 14.9 Å². The number of carbonyl (C=O) groups is 1. The lowest BCUT2D eigenvalue weighted by Crippen LogP contribution is -2.50. The van der Waals surface area contributed by atoms with E-state index in [0.717, 1.165) is 36.4 Å². The van der Waals surface area contributed by atoms with Gasteiger partial charge in [-0.05, 0) is 45.7 Å². The first-order valence-corrected chi connectivity index (χ1v) is 8.49. The average Bonchev–Trinajstić information content (AvgIpc) is 2.96. The molecule has 1 fully saturated rings. The van der Waals surface area contributed by atoms with Crippen LogP contribution in [-0.2, 0) is 4.74 Å². The van der Waals surface area contributed by atoms with Gasteiger partial charge in [-0.2, -0.15) is 0 Å². The minimum atomic E-state index is -0.464. The van der Waals surface area contributed by atoms with Crippen molar-refractivity contribution in [3.8, 4) is 0 Å². The Hall–Kier alpha value is -2.24. The number of fused-ring (bicyclic) bond motifs is 1. The SMILES string of the molecule is CN(c1nc2ccccc2[nH]1)[C@H]1CCCN(C(=O)OC(C)(C)C)C1. The molecule has 130 valence electrons. The number of nitrogens with one attached hydrogen (secondary N) is 1. The molecule has 1 aliphatic rings. The van der Waals surface area contributed by atoms with Crippen LogP contribution in [0, 0.1) is 0 Å². The molecule has 1 aliphatic heterocycles. The highest BCUT2D eigenvalue weighted by atomic mass is 16.6. The number of aromatic nitrogens is 2. The minimum Gasteiger partial charge on any atom is -0.444 e. The van der Waals surface area contributed by atoms with E-state index in [0.29, 0.717) is 6.54 Å². The lowest BCUT2D eigenvalue weighted by molar-refractivity contribution is 0.0199. The Kier molecular flexibility index (Phi) is 4.39. The second-order valence-electron chi connectivity index (χ2n) is 7.41. The molecule has 2 heterocycles. The summed E-state index contributed by atoms with van der Waals surface area (Å²) < 4.78 is 5.50. The van der Waals surface area contributed by atoms with Crippen molar-refractivity contribution in [2.24, 2.45) is 0 Å². The molecule has 0 unspecified atom stereocenters. The number of rotatable bonds is 2. The number of piperidine rings is 1. The van der Waals surface area contributed by atoms with Gasteiger partial charge in [0.25, 0.3) is 0 Å². The Balaban J connectivity index is 1.70. The lowest BCUT2D eigenvalue weighted by atomic mass is 10.1. The van der Waals surface area contributed by atoms with Crippen LogP contribution >= 0.6 is 0 Å². The van der Waals surface area contributed by atoms with E-state index in [4.69, 9.17) is 4.74 Å². The summed E-state index contributed by atoms with van der Waals surface area (Å²) in [6.07, 6.45) is 1.77. The van der Waals surface area contributed by atoms with Gasteiger partial charge in [0.15, 0.2) is 0 Å². The second-order valence-corrected chi connectivity index (χ2v) is 7.41. The number of hydrogen-bond donors (Lipinski definition) is 1. The maximum Gasteiger partial charge on any atom is 0.410 e. The van der Waals surface area contributed by atoms with Crippen molar-refractivity contribution < 1.29 is 9.53 Å². The molecule has 0 bridgehead atoms. The third-order valence-electron chi connectivity index (χ3n) is 4.31. The molecule has 1 aromatic heterocycles. The number of hydrogen-bond acceptors (Lipinski definition) is 4. The van der Waals surface area contributed by atoms with Crippen LogP contribution in [0.15, 0.2) is 24.3 Å². The number of imidazole rings is 1. The molecule has 6 nitrogen and oxygen atoms in total. The molecule has 6 heteroatoms. The fourth-order valence-electron chi connectivity index (χ4n) is 3.04. The number of para-hydroxylation sites is 2. The molecule has 1 saturated heterocycles. The van der Waals surface area contributed by atoms with Crippen LogP contribution < -0.4 is 4.90 Å². The van der Waals surface area contributed by atoms with Gasteiger partial charge in [-0.1, -0.05) is 12.1 Å². The largest absolute Gasteiger partial charge is 0.444 e. The number of ether oxygens (including phenoxy) is 1. The third kappa shape index (κ3) is 3.63. The fraction of sp³-hybridized carbons (Fsp3) is 0.556. The summed E-state index contributed by atoms with van der Waals surface area (Å²) in [5, 5.41) is 0. The van der Waals surface area contributed by atoms with Crippen LogP contribution in [0.2, 0.25) is 0 Å². The smallest absolute Gasteiger partial charge is 0.410 e. The first kappa shape index (κ1) is 16.6. The summed E-state index contributed by atoms with van der Waals surface area (Å²) in [4.78, 5) is 24.3. The van der Waals surface area contributed by atoms with E-state index in [1.807, 2.05) is 52.1 Å². The molecule has 3 rings (SSSR count). The molecule has 0 radical (unpaired) electrons. The van der Waals surface area contributed by atoms with Crippen molar-refractivity contribution in [3.05, 3.63) is 24.3 Å². The third-order valence-corrected chi connectivity index (χ3v) is 4.31. The number of carbonyl (C=O) groups excluding carboxylic acids is 1. The van der Waals surface area contributed by atoms with Gasteiger partial charge in [0.05, 0.1) is 11.0 Å². The van der Waals surface area contributed by atoms with Crippen LogP contribution in [0.25, 0.3) is 11.0 Å². The summed E-state index contributed by atoms with van der Waals surface area (Å²) in [6.45, 7) is 7.09. The molecular formula is C18H26N4O2. The van der Waals surface area contributed by atoms with E-state index in [-0.39, 0.29) is 12.1 Å². The zero-order valence-electron chi connectivity index (χ0n) is 14.9. The molecule has 0 spiro atoms. The van der Waals surface area contributed by atoms with Gasteiger partial charge in [0.2, 0.25) is 5.95 Å². The van der Waals surface area contributed by atoms with Crippen molar-refractivity contribution >= 4 is 23.1 Å². The maximum atomic E-state index is 12.3. The Morgan fingerprint density at radius 2 is 2.12 bits per heavy atom. The maximum absolute atomic E-state index is 12.3. The average molecular weight is 330 g/mol. The van der Waals surface area contributed by atoms with Crippen molar-refractivity contribution in [1.29, 1.82) is 0 Å². The number of aromatic amines is 1. The van der Waals surface area contributed by atoms with Gasteiger partial charge in [-0.3, -0.25) is 0 Å². The van der Waals surface area contributed by atoms with Gasteiger partial charge >= 0.3 is 6.09 Å². The Bertz CT molecular complexity index is 686. The summed E-state index contributed by atoms with van der Waals surface area (Å²) in [6, 6.07) is 8.23. The van der Waals surface area contributed by atoms with E-state index in [9.17, 15) is 4.79 Å². The number of benzene rings is 1. The number of nitrogens with zero attached hydrogens (tertiary/aromatic N) is 3. The van der Waals surface area contributed by atoms with Crippen LogP contribution in [-0.4, -0.2) is 52.7 Å². The van der Waals surface area contributed by atoms with E-state index in [2.05, 4.69) is 14.9 Å². The van der Waals surface area contributed by atoms with Gasteiger partial charge in [0.1, 0.15) is 5.60 Å². The number of anilines is 1. The zero-order valence-corrected chi connectivity index (χ0v) is 14.9.